The van der Waals surface area contributed by atoms with Crippen molar-refractivity contribution in [2.24, 2.45) is 4.99 Å². The SMILES string of the molecule is CCNC(=NCc1ccccc1-n1ccc(C)n1)NCC. The Balaban J connectivity index is 2.22. The first-order chi connectivity index (χ1) is 10.2. The summed E-state index contributed by atoms with van der Waals surface area (Å²) in [4.78, 5) is 4.62. The maximum atomic E-state index is 4.62. The summed E-state index contributed by atoms with van der Waals surface area (Å²) in [5.74, 6) is 0.839. The summed E-state index contributed by atoms with van der Waals surface area (Å²) in [6.07, 6.45) is 1.98. The number of aromatic nitrogens is 2. The molecule has 21 heavy (non-hydrogen) atoms. The molecule has 0 aliphatic rings. The second-order valence-corrected chi connectivity index (χ2v) is 4.76. The highest BCUT2D eigenvalue weighted by molar-refractivity contribution is 5.79. The molecule has 5 nitrogen and oxygen atoms in total. The minimum absolute atomic E-state index is 0.615. The molecule has 0 spiro atoms. The van der Waals surface area contributed by atoms with Crippen LogP contribution in [0.25, 0.3) is 5.69 Å². The van der Waals surface area contributed by atoms with E-state index in [1.54, 1.807) is 0 Å². The van der Waals surface area contributed by atoms with E-state index in [0.29, 0.717) is 6.54 Å². The zero-order chi connectivity index (χ0) is 15.1. The van der Waals surface area contributed by atoms with Crippen molar-refractivity contribution in [3.63, 3.8) is 0 Å². The van der Waals surface area contributed by atoms with Gasteiger partial charge in [-0.05, 0) is 38.5 Å². The molecule has 0 radical (unpaired) electrons. The Morgan fingerprint density at radius 1 is 1.14 bits per heavy atom. The molecular formula is C16H23N5. The van der Waals surface area contributed by atoms with Gasteiger partial charge in [0, 0.05) is 19.3 Å². The van der Waals surface area contributed by atoms with Gasteiger partial charge in [0.25, 0.3) is 0 Å². The van der Waals surface area contributed by atoms with Crippen LogP contribution in [0.3, 0.4) is 0 Å². The van der Waals surface area contributed by atoms with Crippen molar-refractivity contribution < 1.29 is 0 Å². The monoisotopic (exact) mass is 285 g/mol. The predicted octanol–water partition coefficient (Wildman–Crippen LogP) is 2.26. The molecule has 2 aromatic rings. The highest BCUT2D eigenvalue weighted by Crippen LogP contribution is 2.15. The Labute approximate surface area is 126 Å². The van der Waals surface area contributed by atoms with Crippen molar-refractivity contribution in [3.05, 3.63) is 47.8 Å². The number of aliphatic imine (C=N–C) groups is 1. The van der Waals surface area contributed by atoms with E-state index in [2.05, 4.69) is 46.7 Å². The van der Waals surface area contributed by atoms with Gasteiger partial charge in [-0.2, -0.15) is 5.10 Å². The molecule has 1 aromatic carbocycles. The van der Waals surface area contributed by atoms with Crippen molar-refractivity contribution in [1.82, 2.24) is 20.4 Å². The number of hydrogen-bond acceptors (Lipinski definition) is 2. The Hall–Kier alpha value is -2.30. The molecule has 0 amide bonds. The first kappa shape index (κ1) is 15.1. The molecule has 5 heteroatoms. The number of nitrogens with one attached hydrogen (secondary N) is 2. The largest absolute Gasteiger partial charge is 0.357 e. The molecule has 2 rings (SSSR count). The van der Waals surface area contributed by atoms with E-state index in [9.17, 15) is 0 Å². The highest BCUT2D eigenvalue weighted by atomic mass is 15.3. The van der Waals surface area contributed by atoms with Gasteiger partial charge in [0.2, 0.25) is 0 Å². The normalized spacial score (nSPS) is 10.2. The van der Waals surface area contributed by atoms with E-state index < -0.39 is 0 Å². The Morgan fingerprint density at radius 2 is 1.86 bits per heavy atom. The van der Waals surface area contributed by atoms with Gasteiger partial charge in [-0.25, -0.2) is 9.67 Å². The Kier molecular flexibility index (Phi) is 5.37. The number of rotatable bonds is 5. The van der Waals surface area contributed by atoms with Crippen LogP contribution in [-0.2, 0) is 6.54 Å². The quantitative estimate of drug-likeness (QED) is 0.654. The van der Waals surface area contributed by atoms with Crippen LogP contribution < -0.4 is 10.6 Å². The van der Waals surface area contributed by atoms with Gasteiger partial charge in [0.1, 0.15) is 0 Å². The minimum Gasteiger partial charge on any atom is -0.357 e. The second-order valence-electron chi connectivity index (χ2n) is 4.76. The Morgan fingerprint density at radius 3 is 2.48 bits per heavy atom. The number of para-hydroxylation sites is 1. The van der Waals surface area contributed by atoms with E-state index in [1.165, 1.54) is 0 Å². The molecule has 0 saturated heterocycles. The zero-order valence-electron chi connectivity index (χ0n) is 12.9. The first-order valence-corrected chi connectivity index (χ1v) is 7.37. The summed E-state index contributed by atoms with van der Waals surface area (Å²) < 4.78 is 1.90. The number of hydrogen-bond donors (Lipinski definition) is 2. The molecule has 2 N–H and O–H groups in total. The van der Waals surface area contributed by atoms with Crippen molar-refractivity contribution in [2.45, 2.75) is 27.3 Å². The van der Waals surface area contributed by atoms with Crippen LogP contribution in [0.2, 0.25) is 0 Å². The van der Waals surface area contributed by atoms with E-state index >= 15 is 0 Å². The van der Waals surface area contributed by atoms with Crippen LogP contribution in [0.1, 0.15) is 25.1 Å². The summed E-state index contributed by atoms with van der Waals surface area (Å²) in [5.41, 5.74) is 3.23. The van der Waals surface area contributed by atoms with Crippen molar-refractivity contribution in [3.8, 4) is 5.69 Å². The summed E-state index contributed by atoms with van der Waals surface area (Å²) in [6, 6.07) is 10.2. The van der Waals surface area contributed by atoms with E-state index in [-0.39, 0.29) is 0 Å². The molecule has 0 saturated carbocycles. The number of nitrogens with zero attached hydrogens (tertiary/aromatic N) is 3. The van der Waals surface area contributed by atoms with Crippen LogP contribution >= 0.6 is 0 Å². The molecule has 1 aromatic heterocycles. The van der Waals surface area contributed by atoms with Crippen LogP contribution in [-0.4, -0.2) is 28.8 Å². The third-order valence-electron chi connectivity index (χ3n) is 3.06. The van der Waals surface area contributed by atoms with Gasteiger partial charge >= 0.3 is 0 Å². The summed E-state index contributed by atoms with van der Waals surface area (Å²) in [7, 11) is 0. The standard InChI is InChI=1S/C16H23N5/c1-4-17-16(18-5-2)19-12-14-8-6-7-9-15(14)21-11-10-13(3)20-21/h6-11H,4-5,12H2,1-3H3,(H2,17,18,19). The van der Waals surface area contributed by atoms with Crippen LogP contribution in [0, 0.1) is 6.92 Å². The summed E-state index contributed by atoms with van der Waals surface area (Å²) in [6.45, 7) is 8.44. The topological polar surface area (TPSA) is 54.2 Å². The average molecular weight is 285 g/mol. The fraction of sp³-hybridized carbons (Fsp3) is 0.375. The van der Waals surface area contributed by atoms with E-state index in [0.717, 1.165) is 36.0 Å². The lowest BCUT2D eigenvalue weighted by Crippen LogP contribution is -2.37. The minimum atomic E-state index is 0.615. The first-order valence-electron chi connectivity index (χ1n) is 7.37. The van der Waals surface area contributed by atoms with Crippen molar-refractivity contribution >= 4 is 5.96 Å². The summed E-state index contributed by atoms with van der Waals surface area (Å²) in [5, 5.41) is 10.9. The molecule has 1 heterocycles. The lowest BCUT2D eigenvalue weighted by atomic mass is 10.2. The molecule has 0 atom stereocenters. The molecule has 112 valence electrons. The Bertz CT molecular complexity index is 592. The van der Waals surface area contributed by atoms with Crippen LogP contribution in [0.5, 0.6) is 0 Å². The number of aryl methyl sites for hydroxylation is 1. The molecule has 0 unspecified atom stereocenters. The van der Waals surface area contributed by atoms with Gasteiger partial charge in [-0.1, -0.05) is 18.2 Å². The number of guanidine groups is 1. The lowest BCUT2D eigenvalue weighted by Gasteiger charge is -2.11. The van der Waals surface area contributed by atoms with E-state index in [4.69, 9.17) is 0 Å². The van der Waals surface area contributed by atoms with Gasteiger partial charge in [0.05, 0.1) is 17.9 Å². The fourth-order valence-electron chi connectivity index (χ4n) is 2.09. The third-order valence-corrected chi connectivity index (χ3v) is 3.06. The molecular weight excluding hydrogens is 262 g/mol. The fourth-order valence-corrected chi connectivity index (χ4v) is 2.09. The van der Waals surface area contributed by atoms with Gasteiger partial charge in [-0.3, -0.25) is 0 Å². The average Bonchev–Trinajstić information content (AvgIpc) is 2.92. The second kappa shape index (κ2) is 7.47. The lowest BCUT2D eigenvalue weighted by molar-refractivity contribution is 0.823. The summed E-state index contributed by atoms with van der Waals surface area (Å²) >= 11 is 0. The maximum absolute atomic E-state index is 4.62. The van der Waals surface area contributed by atoms with Gasteiger partial charge in [-0.15, -0.1) is 0 Å². The molecule has 0 aliphatic heterocycles. The van der Waals surface area contributed by atoms with Crippen LogP contribution in [0.15, 0.2) is 41.5 Å². The van der Waals surface area contributed by atoms with Crippen molar-refractivity contribution in [2.75, 3.05) is 13.1 Å². The molecule has 0 aliphatic carbocycles. The van der Waals surface area contributed by atoms with Crippen molar-refractivity contribution in [1.29, 1.82) is 0 Å². The third kappa shape index (κ3) is 4.08. The predicted molar refractivity (Wildman–Crippen MR) is 86.8 cm³/mol. The van der Waals surface area contributed by atoms with E-state index in [1.807, 2.05) is 36.0 Å². The number of benzene rings is 1. The molecule has 0 bridgehead atoms. The zero-order valence-corrected chi connectivity index (χ0v) is 12.9. The smallest absolute Gasteiger partial charge is 0.191 e. The van der Waals surface area contributed by atoms with Gasteiger partial charge < -0.3 is 10.6 Å². The maximum Gasteiger partial charge on any atom is 0.191 e. The van der Waals surface area contributed by atoms with Crippen LogP contribution in [0.4, 0.5) is 0 Å². The van der Waals surface area contributed by atoms with Gasteiger partial charge in [0.15, 0.2) is 5.96 Å². The highest BCUT2D eigenvalue weighted by Gasteiger charge is 2.05. The molecule has 0 fully saturated rings.